The quantitative estimate of drug-likeness (QED) is 0.680. The number of rotatable bonds is 9. The molecule has 0 spiro atoms. The summed E-state index contributed by atoms with van der Waals surface area (Å²) in [5.74, 6) is 0. The Morgan fingerprint density at radius 3 is 2.65 bits per heavy atom. The van der Waals surface area contributed by atoms with Crippen LogP contribution in [-0.4, -0.2) is 13.2 Å². The SMILES string of the molecule is CCCCCCCOC(CN)c1ccc(Br)s1. The molecule has 0 fully saturated rings. The largest absolute Gasteiger partial charge is 0.371 e. The van der Waals surface area contributed by atoms with Gasteiger partial charge in [0, 0.05) is 18.0 Å². The first-order chi connectivity index (χ1) is 8.27. The molecule has 2 nitrogen and oxygen atoms in total. The van der Waals surface area contributed by atoms with E-state index in [2.05, 4.69) is 28.9 Å². The predicted molar refractivity (Wildman–Crippen MR) is 78.5 cm³/mol. The van der Waals surface area contributed by atoms with Crippen molar-refractivity contribution in [1.82, 2.24) is 0 Å². The molecular weight excluding hydrogens is 298 g/mol. The summed E-state index contributed by atoms with van der Waals surface area (Å²) in [5.41, 5.74) is 5.74. The van der Waals surface area contributed by atoms with Crippen LogP contribution in [0.5, 0.6) is 0 Å². The lowest BCUT2D eigenvalue weighted by Gasteiger charge is -2.14. The van der Waals surface area contributed by atoms with Gasteiger partial charge in [0.05, 0.1) is 3.79 Å². The van der Waals surface area contributed by atoms with Crippen LogP contribution in [0.25, 0.3) is 0 Å². The highest BCUT2D eigenvalue weighted by atomic mass is 79.9. The number of hydrogen-bond donors (Lipinski definition) is 1. The Labute approximate surface area is 117 Å². The van der Waals surface area contributed by atoms with E-state index in [9.17, 15) is 0 Å². The number of thiophene rings is 1. The van der Waals surface area contributed by atoms with E-state index in [1.54, 1.807) is 11.3 Å². The molecule has 17 heavy (non-hydrogen) atoms. The lowest BCUT2D eigenvalue weighted by atomic mass is 10.2. The van der Waals surface area contributed by atoms with Gasteiger partial charge >= 0.3 is 0 Å². The highest BCUT2D eigenvalue weighted by Gasteiger charge is 2.11. The van der Waals surface area contributed by atoms with Gasteiger partial charge in [-0.2, -0.15) is 0 Å². The van der Waals surface area contributed by atoms with Crippen LogP contribution in [0.3, 0.4) is 0 Å². The third-order valence-corrected chi connectivity index (χ3v) is 4.41. The lowest BCUT2D eigenvalue weighted by molar-refractivity contribution is 0.0581. The monoisotopic (exact) mass is 319 g/mol. The van der Waals surface area contributed by atoms with Crippen molar-refractivity contribution < 1.29 is 4.74 Å². The zero-order valence-electron chi connectivity index (χ0n) is 10.5. The minimum Gasteiger partial charge on any atom is -0.371 e. The van der Waals surface area contributed by atoms with Gasteiger partial charge in [0.25, 0.3) is 0 Å². The topological polar surface area (TPSA) is 35.2 Å². The van der Waals surface area contributed by atoms with Gasteiger partial charge in [0.1, 0.15) is 6.10 Å². The first-order valence-corrected chi connectivity index (χ1v) is 7.95. The molecule has 0 aromatic carbocycles. The minimum absolute atomic E-state index is 0.0671. The van der Waals surface area contributed by atoms with Crippen LogP contribution >= 0.6 is 27.3 Å². The third kappa shape index (κ3) is 6.00. The molecule has 0 saturated heterocycles. The normalized spacial score (nSPS) is 12.9. The summed E-state index contributed by atoms with van der Waals surface area (Å²) in [6.45, 7) is 3.61. The summed E-state index contributed by atoms with van der Waals surface area (Å²) in [4.78, 5) is 1.22. The first-order valence-electron chi connectivity index (χ1n) is 6.34. The second kappa shape index (κ2) is 9.09. The van der Waals surface area contributed by atoms with Crippen molar-refractivity contribution in [2.45, 2.75) is 45.1 Å². The van der Waals surface area contributed by atoms with E-state index in [1.807, 2.05) is 6.07 Å². The van der Waals surface area contributed by atoms with E-state index in [0.717, 1.165) is 16.8 Å². The predicted octanol–water partition coefficient (Wildman–Crippen LogP) is 4.50. The number of ether oxygens (including phenoxy) is 1. The molecule has 0 saturated carbocycles. The van der Waals surface area contributed by atoms with E-state index in [4.69, 9.17) is 10.5 Å². The Kier molecular flexibility index (Phi) is 8.10. The van der Waals surface area contributed by atoms with Crippen molar-refractivity contribution in [3.8, 4) is 0 Å². The Hall–Kier alpha value is 0.1000. The molecule has 0 aliphatic heterocycles. The van der Waals surface area contributed by atoms with Gasteiger partial charge in [-0.15, -0.1) is 11.3 Å². The summed E-state index contributed by atoms with van der Waals surface area (Å²) in [7, 11) is 0. The average Bonchev–Trinajstić information content (AvgIpc) is 2.75. The van der Waals surface area contributed by atoms with Crippen LogP contribution in [0.15, 0.2) is 15.9 Å². The van der Waals surface area contributed by atoms with Crippen molar-refractivity contribution in [3.05, 3.63) is 20.8 Å². The minimum atomic E-state index is 0.0671. The fraction of sp³-hybridized carbons (Fsp3) is 0.692. The van der Waals surface area contributed by atoms with Crippen LogP contribution in [-0.2, 0) is 4.74 Å². The Morgan fingerprint density at radius 1 is 1.29 bits per heavy atom. The molecule has 98 valence electrons. The summed E-state index contributed by atoms with van der Waals surface area (Å²) < 4.78 is 6.97. The number of unbranched alkanes of at least 4 members (excludes halogenated alkanes) is 4. The molecule has 2 N–H and O–H groups in total. The van der Waals surface area contributed by atoms with Gasteiger partial charge < -0.3 is 10.5 Å². The molecule has 0 radical (unpaired) electrons. The van der Waals surface area contributed by atoms with Gasteiger partial charge in [-0.05, 0) is 34.5 Å². The number of nitrogens with two attached hydrogens (primary N) is 1. The molecular formula is C13H22BrNOS. The molecule has 0 amide bonds. The molecule has 0 aliphatic rings. The van der Waals surface area contributed by atoms with Gasteiger partial charge in [-0.3, -0.25) is 0 Å². The van der Waals surface area contributed by atoms with Crippen molar-refractivity contribution in [1.29, 1.82) is 0 Å². The molecule has 0 bridgehead atoms. The molecule has 1 rings (SSSR count). The summed E-state index contributed by atoms with van der Waals surface area (Å²) in [6.07, 6.45) is 6.41. The van der Waals surface area contributed by atoms with Crippen LogP contribution in [0, 0.1) is 0 Å². The standard InChI is InChI=1S/C13H22BrNOS/c1-2-3-4-5-6-9-16-11(10-15)12-7-8-13(14)17-12/h7-8,11H,2-6,9-10,15H2,1H3. The fourth-order valence-corrected chi connectivity index (χ4v) is 3.18. The van der Waals surface area contributed by atoms with E-state index < -0.39 is 0 Å². The van der Waals surface area contributed by atoms with E-state index in [-0.39, 0.29) is 6.10 Å². The number of halogens is 1. The van der Waals surface area contributed by atoms with Gasteiger partial charge in [-0.25, -0.2) is 0 Å². The molecule has 1 unspecified atom stereocenters. The zero-order chi connectivity index (χ0) is 12.5. The van der Waals surface area contributed by atoms with Crippen molar-refractivity contribution in [3.63, 3.8) is 0 Å². The first kappa shape index (κ1) is 15.2. The van der Waals surface area contributed by atoms with Crippen LogP contribution in [0.2, 0.25) is 0 Å². The second-order valence-electron chi connectivity index (χ2n) is 4.15. The number of hydrogen-bond acceptors (Lipinski definition) is 3. The highest BCUT2D eigenvalue weighted by molar-refractivity contribution is 9.11. The molecule has 1 aromatic heterocycles. The van der Waals surface area contributed by atoms with Crippen LogP contribution < -0.4 is 5.73 Å². The summed E-state index contributed by atoms with van der Waals surface area (Å²) in [5, 5.41) is 0. The smallest absolute Gasteiger partial charge is 0.104 e. The van der Waals surface area contributed by atoms with Gasteiger partial charge in [0.15, 0.2) is 0 Å². The van der Waals surface area contributed by atoms with Crippen molar-refractivity contribution in [2.24, 2.45) is 5.73 Å². The maximum absolute atomic E-state index is 5.84. The van der Waals surface area contributed by atoms with Crippen molar-refractivity contribution >= 4 is 27.3 Å². The molecule has 1 heterocycles. The zero-order valence-corrected chi connectivity index (χ0v) is 12.9. The Balaban J connectivity index is 2.19. The average molecular weight is 320 g/mol. The summed E-state index contributed by atoms with van der Waals surface area (Å²) in [6, 6.07) is 4.14. The Morgan fingerprint density at radius 2 is 2.06 bits per heavy atom. The Bertz CT molecular complexity index is 303. The van der Waals surface area contributed by atoms with E-state index in [1.165, 1.54) is 30.6 Å². The van der Waals surface area contributed by atoms with Crippen molar-refractivity contribution in [2.75, 3.05) is 13.2 Å². The molecule has 1 aromatic rings. The second-order valence-corrected chi connectivity index (χ2v) is 6.65. The van der Waals surface area contributed by atoms with E-state index in [0.29, 0.717) is 6.54 Å². The van der Waals surface area contributed by atoms with E-state index >= 15 is 0 Å². The fourth-order valence-electron chi connectivity index (χ4n) is 1.70. The van der Waals surface area contributed by atoms with Gasteiger partial charge in [0.2, 0.25) is 0 Å². The molecule has 0 aliphatic carbocycles. The maximum atomic E-state index is 5.84. The van der Waals surface area contributed by atoms with Crippen LogP contribution in [0.1, 0.15) is 50.0 Å². The lowest BCUT2D eigenvalue weighted by Crippen LogP contribution is -2.15. The molecule has 4 heteroatoms. The van der Waals surface area contributed by atoms with Crippen LogP contribution in [0.4, 0.5) is 0 Å². The molecule has 1 atom stereocenters. The van der Waals surface area contributed by atoms with Gasteiger partial charge in [-0.1, -0.05) is 32.6 Å². The third-order valence-electron chi connectivity index (χ3n) is 2.69. The summed E-state index contributed by atoms with van der Waals surface area (Å²) >= 11 is 5.17. The maximum Gasteiger partial charge on any atom is 0.104 e. The highest BCUT2D eigenvalue weighted by Crippen LogP contribution is 2.28.